The van der Waals surface area contributed by atoms with Crippen LogP contribution in [0.1, 0.15) is 13.3 Å². The molecule has 4 nitrogen and oxygen atoms in total. The van der Waals surface area contributed by atoms with Gasteiger partial charge in [0.25, 0.3) is 0 Å². The van der Waals surface area contributed by atoms with E-state index in [1.807, 2.05) is 18.2 Å². The van der Waals surface area contributed by atoms with E-state index in [1.54, 1.807) is 0 Å². The molecule has 5 heteroatoms. The molecule has 0 spiro atoms. The van der Waals surface area contributed by atoms with E-state index >= 15 is 0 Å². The van der Waals surface area contributed by atoms with Gasteiger partial charge in [-0.15, -0.1) is 0 Å². The van der Waals surface area contributed by atoms with Gasteiger partial charge in [0.05, 0.1) is 0 Å². The van der Waals surface area contributed by atoms with Crippen LogP contribution in [0, 0.1) is 6.42 Å². The maximum atomic E-state index is 13.4. The van der Waals surface area contributed by atoms with Crippen molar-refractivity contribution in [2.24, 2.45) is 5.73 Å². The van der Waals surface area contributed by atoms with Crippen molar-refractivity contribution in [2.45, 2.75) is 25.6 Å². The van der Waals surface area contributed by atoms with Crippen LogP contribution in [-0.4, -0.2) is 42.9 Å². The van der Waals surface area contributed by atoms with Crippen LogP contribution in [0.2, 0.25) is 0 Å². The molecule has 0 aromatic carbocycles. The summed E-state index contributed by atoms with van der Waals surface area (Å²) in [5, 5.41) is 0. The number of piperidine rings is 1. The summed E-state index contributed by atoms with van der Waals surface area (Å²) in [5.41, 5.74) is 4.83. The lowest BCUT2D eigenvalue weighted by Crippen LogP contribution is -2.47. The van der Waals surface area contributed by atoms with E-state index < -0.39 is 18.4 Å². The van der Waals surface area contributed by atoms with Gasteiger partial charge in [0, 0.05) is 26.1 Å². The quantitative estimate of drug-likeness (QED) is 0.735. The minimum atomic E-state index is -1.13. The van der Waals surface area contributed by atoms with E-state index in [2.05, 4.69) is 4.74 Å². The van der Waals surface area contributed by atoms with Crippen LogP contribution in [0.4, 0.5) is 9.18 Å². The fourth-order valence-electron chi connectivity index (χ4n) is 1.65. The number of rotatable bonds is 3. The first kappa shape index (κ1) is 11.2. The molecule has 14 heavy (non-hydrogen) atoms. The minimum absolute atomic E-state index is 0.308. The lowest BCUT2D eigenvalue weighted by Gasteiger charge is -2.33. The molecule has 2 atom stereocenters. The molecule has 1 aliphatic heterocycles. The fraction of sp³-hybridized carbons (Fsp3) is 0.778. The standard InChI is InChI=1S/C9H16FN2O2/c1-2-4-12-5-3-8(7(10)6-12)14-9(11)13/h2,7-8H,3-6H2,1H3,(H2,11,13). The molecule has 0 saturated carbocycles. The maximum Gasteiger partial charge on any atom is 0.404 e. The molecular weight excluding hydrogens is 187 g/mol. The number of hydrogen-bond acceptors (Lipinski definition) is 3. The van der Waals surface area contributed by atoms with Crippen LogP contribution < -0.4 is 5.73 Å². The number of hydrogen-bond donors (Lipinski definition) is 1. The Morgan fingerprint density at radius 2 is 2.50 bits per heavy atom. The van der Waals surface area contributed by atoms with E-state index in [0.717, 1.165) is 13.1 Å². The van der Waals surface area contributed by atoms with Crippen molar-refractivity contribution in [2.75, 3.05) is 19.6 Å². The first-order chi connectivity index (χ1) is 6.63. The van der Waals surface area contributed by atoms with Gasteiger partial charge in [-0.05, 0) is 6.42 Å². The summed E-state index contributed by atoms with van der Waals surface area (Å²) in [6.45, 7) is 3.74. The Morgan fingerprint density at radius 1 is 1.79 bits per heavy atom. The summed E-state index contributed by atoms with van der Waals surface area (Å²) in [4.78, 5) is 12.4. The van der Waals surface area contributed by atoms with Crippen LogP contribution in [0.15, 0.2) is 0 Å². The molecule has 0 aromatic heterocycles. The summed E-state index contributed by atoms with van der Waals surface area (Å²) >= 11 is 0. The first-order valence-corrected chi connectivity index (χ1v) is 4.73. The van der Waals surface area contributed by atoms with Crippen LogP contribution >= 0.6 is 0 Å². The Hall–Kier alpha value is -0.840. The van der Waals surface area contributed by atoms with E-state index in [0.29, 0.717) is 13.0 Å². The van der Waals surface area contributed by atoms with Crippen LogP contribution in [-0.2, 0) is 4.74 Å². The van der Waals surface area contributed by atoms with Crippen LogP contribution in [0.3, 0.4) is 0 Å². The van der Waals surface area contributed by atoms with Crippen molar-refractivity contribution in [3.63, 3.8) is 0 Å². The molecular formula is C9H16FN2O2. The van der Waals surface area contributed by atoms with Gasteiger partial charge in [-0.3, -0.25) is 4.90 Å². The molecule has 1 fully saturated rings. The smallest absolute Gasteiger partial charge is 0.404 e. The van der Waals surface area contributed by atoms with Crippen molar-refractivity contribution in [1.29, 1.82) is 0 Å². The van der Waals surface area contributed by atoms with Gasteiger partial charge >= 0.3 is 6.09 Å². The number of halogens is 1. The van der Waals surface area contributed by atoms with E-state index in [-0.39, 0.29) is 0 Å². The molecule has 1 aliphatic rings. The highest BCUT2D eigenvalue weighted by Gasteiger charge is 2.31. The van der Waals surface area contributed by atoms with Gasteiger partial charge in [-0.1, -0.05) is 6.92 Å². The summed E-state index contributed by atoms with van der Waals surface area (Å²) in [6.07, 6.45) is -0.204. The Kier molecular flexibility index (Phi) is 4.13. The van der Waals surface area contributed by atoms with E-state index in [1.165, 1.54) is 0 Å². The Bertz CT molecular complexity index is 201. The second-order valence-corrected chi connectivity index (χ2v) is 3.45. The van der Waals surface area contributed by atoms with Gasteiger partial charge in [0.2, 0.25) is 0 Å². The highest BCUT2D eigenvalue weighted by Crippen LogP contribution is 2.17. The highest BCUT2D eigenvalue weighted by molar-refractivity contribution is 5.64. The third kappa shape index (κ3) is 3.14. The minimum Gasteiger partial charge on any atom is -0.443 e. The highest BCUT2D eigenvalue weighted by atomic mass is 19.1. The summed E-state index contributed by atoms with van der Waals surface area (Å²) in [5.74, 6) is 0. The molecule has 1 radical (unpaired) electrons. The predicted molar refractivity (Wildman–Crippen MR) is 50.4 cm³/mol. The number of carbonyl (C=O) groups excluding carboxylic acids is 1. The van der Waals surface area contributed by atoms with Gasteiger partial charge in [-0.25, -0.2) is 9.18 Å². The van der Waals surface area contributed by atoms with Gasteiger partial charge in [-0.2, -0.15) is 0 Å². The number of primary amides is 1. The van der Waals surface area contributed by atoms with Gasteiger partial charge in [0.1, 0.15) is 12.3 Å². The third-order valence-corrected chi connectivity index (χ3v) is 2.27. The number of ether oxygens (including phenoxy) is 1. The molecule has 2 N–H and O–H groups in total. The van der Waals surface area contributed by atoms with Crippen molar-refractivity contribution < 1.29 is 13.9 Å². The number of nitrogens with two attached hydrogens (primary N) is 1. The molecule has 0 bridgehead atoms. The Labute approximate surface area is 83.2 Å². The maximum absolute atomic E-state index is 13.4. The fourth-order valence-corrected chi connectivity index (χ4v) is 1.65. The zero-order chi connectivity index (χ0) is 10.6. The summed E-state index contributed by atoms with van der Waals surface area (Å²) in [7, 11) is 0. The van der Waals surface area contributed by atoms with Gasteiger partial charge < -0.3 is 10.5 Å². The van der Waals surface area contributed by atoms with Crippen LogP contribution in [0.5, 0.6) is 0 Å². The van der Waals surface area contributed by atoms with E-state index in [4.69, 9.17) is 5.73 Å². The number of nitrogens with zero attached hydrogens (tertiary/aromatic N) is 1. The van der Waals surface area contributed by atoms with Crippen LogP contribution in [0.25, 0.3) is 0 Å². The average molecular weight is 203 g/mol. The lowest BCUT2D eigenvalue weighted by atomic mass is 10.1. The molecule has 1 amide bonds. The normalized spacial score (nSPS) is 28.7. The molecule has 1 rings (SSSR count). The average Bonchev–Trinajstić information content (AvgIpc) is 2.10. The van der Waals surface area contributed by atoms with E-state index in [9.17, 15) is 9.18 Å². The number of alkyl halides is 1. The zero-order valence-electron chi connectivity index (χ0n) is 8.28. The van der Waals surface area contributed by atoms with Crippen molar-refractivity contribution in [1.82, 2.24) is 4.90 Å². The number of carbonyl (C=O) groups is 1. The zero-order valence-corrected chi connectivity index (χ0v) is 8.28. The van der Waals surface area contributed by atoms with Crippen molar-refractivity contribution in [3.05, 3.63) is 6.42 Å². The number of amides is 1. The lowest BCUT2D eigenvalue weighted by molar-refractivity contribution is -0.00228. The topological polar surface area (TPSA) is 55.6 Å². The molecule has 2 unspecified atom stereocenters. The molecule has 1 heterocycles. The SMILES string of the molecule is C[CH]CN1CCC(OC(N)=O)C(F)C1. The monoisotopic (exact) mass is 203 g/mol. The van der Waals surface area contributed by atoms with Crippen molar-refractivity contribution in [3.8, 4) is 0 Å². The van der Waals surface area contributed by atoms with Crippen molar-refractivity contribution >= 4 is 6.09 Å². The first-order valence-electron chi connectivity index (χ1n) is 4.73. The Morgan fingerprint density at radius 3 is 3.00 bits per heavy atom. The largest absolute Gasteiger partial charge is 0.443 e. The van der Waals surface area contributed by atoms with Gasteiger partial charge in [0.15, 0.2) is 0 Å². The molecule has 1 saturated heterocycles. The predicted octanol–water partition coefficient (Wildman–Crippen LogP) is 0.718. The second kappa shape index (κ2) is 5.14. The molecule has 0 aliphatic carbocycles. The summed E-state index contributed by atoms with van der Waals surface area (Å²) < 4.78 is 18.1. The molecule has 81 valence electrons. The second-order valence-electron chi connectivity index (χ2n) is 3.45. The molecule has 0 aromatic rings. The third-order valence-electron chi connectivity index (χ3n) is 2.27. The number of likely N-dealkylation sites (tertiary alicyclic amines) is 1. The Balaban J connectivity index is 2.35. The summed E-state index contributed by atoms with van der Waals surface area (Å²) in [6, 6.07) is 0.